The van der Waals surface area contributed by atoms with Crippen molar-refractivity contribution in [1.29, 1.82) is 0 Å². The first-order valence-electron chi connectivity index (χ1n) is 5.66. The molecule has 20 heavy (non-hydrogen) atoms. The van der Waals surface area contributed by atoms with Crippen LogP contribution in [0.4, 0.5) is 0 Å². The Morgan fingerprint density at radius 3 is 2.65 bits per heavy atom. The van der Waals surface area contributed by atoms with Crippen molar-refractivity contribution in [2.75, 3.05) is 11.6 Å². The maximum atomic E-state index is 12.1. The van der Waals surface area contributed by atoms with Crippen LogP contribution in [-0.4, -0.2) is 41.5 Å². The van der Waals surface area contributed by atoms with Crippen LogP contribution >= 0.6 is 23.4 Å². The van der Waals surface area contributed by atoms with E-state index in [0.29, 0.717) is 10.6 Å². The van der Waals surface area contributed by atoms with Crippen molar-refractivity contribution in [3.63, 3.8) is 0 Å². The summed E-state index contributed by atoms with van der Waals surface area (Å²) < 4.78 is 25.2. The molecule has 1 aromatic carbocycles. The smallest absolute Gasteiger partial charge is 0.322 e. The first-order valence-corrected chi connectivity index (χ1v) is 8.70. The zero-order valence-corrected chi connectivity index (χ0v) is 12.7. The van der Waals surface area contributed by atoms with Crippen molar-refractivity contribution in [3.05, 3.63) is 40.3 Å². The van der Waals surface area contributed by atoms with Gasteiger partial charge in [-0.25, -0.2) is 8.42 Å². The van der Waals surface area contributed by atoms with E-state index in [-0.39, 0.29) is 11.6 Å². The third-order valence-electron chi connectivity index (χ3n) is 2.76. The summed E-state index contributed by atoms with van der Waals surface area (Å²) in [5, 5.41) is 10.6. The van der Waals surface area contributed by atoms with E-state index in [4.69, 9.17) is 16.7 Å². The van der Waals surface area contributed by atoms with E-state index in [0.717, 1.165) is 9.71 Å². The van der Waals surface area contributed by atoms with Crippen LogP contribution in [0.3, 0.4) is 0 Å². The highest BCUT2D eigenvalue weighted by Gasteiger charge is 2.37. The Morgan fingerprint density at radius 2 is 2.05 bits per heavy atom. The fourth-order valence-electron chi connectivity index (χ4n) is 1.69. The first-order chi connectivity index (χ1) is 9.40. The quantitative estimate of drug-likeness (QED) is 0.913. The van der Waals surface area contributed by atoms with Gasteiger partial charge in [0, 0.05) is 16.2 Å². The van der Waals surface area contributed by atoms with E-state index in [9.17, 15) is 13.2 Å². The number of aliphatic carboxylic acids is 1. The predicted molar refractivity (Wildman–Crippen MR) is 80.0 cm³/mol. The number of carboxylic acid groups (broad SMARTS) is 1. The number of rotatable bonds is 4. The lowest BCUT2D eigenvalue weighted by atomic mass is 10.2. The Kier molecular flexibility index (Phi) is 4.74. The first kappa shape index (κ1) is 15.4. The van der Waals surface area contributed by atoms with Crippen molar-refractivity contribution in [2.24, 2.45) is 0 Å². The molecule has 0 aromatic heterocycles. The number of thioether (sulfide) groups is 1. The second-order valence-corrected chi connectivity index (χ2v) is 7.35. The van der Waals surface area contributed by atoms with Gasteiger partial charge in [-0.05, 0) is 23.8 Å². The summed E-state index contributed by atoms with van der Waals surface area (Å²) in [5.74, 6) is -0.702. The molecule has 0 saturated carbocycles. The van der Waals surface area contributed by atoms with Crippen molar-refractivity contribution >= 4 is 45.4 Å². The summed E-state index contributed by atoms with van der Waals surface area (Å²) in [6.45, 7) is 0. The molecule has 1 aliphatic heterocycles. The van der Waals surface area contributed by atoms with Gasteiger partial charge in [-0.15, -0.1) is 11.8 Å². The number of halogens is 1. The lowest BCUT2D eigenvalue weighted by Gasteiger charge is -2.17. The highest BCUT2D eigenvalue weighted by molar-refractivity contribution is 8.01. The predicted octanol–water partition coefficient (Wildman–Crippen LogP) is 2.10. The van der Waals surface area contributed by atoms with E-state index >= 15 is 0 Å². The molecule has 1 unspecified atom stereocenters. The third-order valence-corrected chi connectivity index (χ3v) is 5.70. The minimum Gasteiger partial charge on any atom is -0.480 e. The zero-order valence-electron chi connectivity index (χ0n) is 10.3. The lowest BCUT2D eigenvalue weighted by Crippen LogP contribution is -2.40. The molecule has 5 nitrogen and oxygen atoms in total. The van der Waals surface area contributed by atoms with Gasteiger partial charge >= 0.3 is 5.97 Å². The molecule has 0 bridgehead atoms. The molecule has 1 N–H and O–H groups in total. The third kappa shape index (κ3) is 3.54. The molecule has 8 heteroatoms. The molecule has 1 fully saturated rings. The second-order valence-electron chi connectivity index (χ2n) is 4.14. The van der Waals surface area contributed by atoms with E-state index in [2.05, 4.69) is 0 Å². The van der Waals surface area contributed by atoms with E-state index in [1.54, 1.807) is 24.3 Å². The summed E-state index contributed by atoms with van der Waals surface area (Å²) in [5.41, 5.74) is 0.678. The molecule has 0 radical (unpaired) electrons. The van der Waals surface area contributed by atoms with Crippen molar-refractivity contribution < 1.29 is 18.3 Å². The van der Waals surface area contributed by atoms with Crippen LogP contribution in [0.5, 0.6) is 0 Å². The molecule has 2 rings (SSSR count). The molecule has 0 amide bonds. The van der Waals surface area contributed by atoms with Crippen LogP contribution in [-0.2, 0) is 14.8 Å². The number of hydrogen-bond acceptors (Lipinski definition) is 4. The normalized spacial score (nSPS) is 20.6. The van der Waals surface area contributed by atoms with Gasteiger partial charge in [0.25, 0.3) is 0 Å². The average Bonchev–Trinajstić information content (AvgIpc) is 2.88. The maximum Gasteiger partial charge on any atom is 0.322 e. The monoisotopic (exact) mass is 333 g/mol. The minimum atomic E-state index is -3.74. The van der Waals surface area contributed by atoms with E-state index in [1.807, 2.05) is 0 Å². The fraction of sp³-hybridized carbons (Fsp3) is 0.250. The number of benzene rings is 1. The SMILES string of the molecule is O=C(O)C1CSCN1S(=O)(=O)/C=C/c1ccc(Cl)cc1. The summed E-state index contributed by atoms with van der Waals surface area (Å²) in [6, 6.07) is 5.67. The average molecular weight is 334 g/mol. The van der Waals surface area contributed by atoms with Crippen LogP contribution in [0.2, 0.25) is 5.02 Å². The molecule has 1 heterocycles. The van der Waals surface area contributed by atoms with E-state index < -0.39 is 22.0 Å². The van der Waals surface area contributed by atoms with Crippen molar-refractivity contribution in [3.8, 4) is 0 Å². The van der Waals surface area contributed by atoms with Gasteiger partial charge in [-0.2, -0.15) is 4.31 Å². The Morgan fingerprint density at radius 1 is 1.40 bits per heavy atom. The van der Waals surface area contributed by atoms with Gasteiger partial charge in [0.05, 0.1) is 5.88 Å². The largest absolute Gasteiger partial charge is 0.480 e. The fourth-order valence-corrected chi connectivity index (χ4v) is 4.74. The summed E-state index contributed by atoms with van der Waals surface area (Å²) >= 11 is 7.02. The standard InChI is InChI=1S/C12H12ClNO4S2/c13-10-3-1-9(2-4-10)5-6-20(17,18)14-8-19-7-11(14)12(15)16/h1-6,11H,7-8H2,(H,15,16)/b6-5+. The van der Waals surface area contributed by atoms with Crippen molar-refractivity contribution in [1.82, 2.24) is 4.31 Å². The Balaban J connectivity index is 2.18. The molecular formula is C12H12ClNO4S2. The van der Waals surface area contributed by atoms with E-state index in [1.165, 1.54) is 17.8 Å². The van der Waals surface area contributed by atoms with Crippen LogP contribution in [0.15, 0.2) is 29.7 Å². The van der Waals surface area contributed by atoms with Gasteiger partial charge in [0.1, 0.15) is 6.04 Å². The Bertz CT molecular complexity index is 627. The van der Waals surface area contributed by atoms with Crippen LogP contribution in [0.25, 0.3) is 6.08 Å². The van der Waals surface area contributed by atoms with Gasteiger partial charge in [-0.3, -0.25) is 4.79 Å². The number of carboxylic acids is 1. The van der Waals surface area contributed by atoms with Crippen molar-refractivity contribution in [2.45, 2.75) is 6.04 Å². The number of hydrogen-bond donors (Lipinski definition) is 1. The summed E-state index contributed by atoms with van der Waals surface area (Å²) in [4.78, 5) is 11.0. The summed E-state index contributed by atoms with van der Waals surface area (Å²) in [7, 11) is -3.74. The van der Waals surface area contributed by atoms with Gasteiger partial charge < -0.3 is 5.11 Å². The van der Waals surface area contributed by atoms with Crippen LogP contribution < -0.4 is 0 Å². The Labute approximate surface area is 126 Å². The zero-order chi connectivity index (χ0) is 14.8. The maximum absolute atomic E-state index is 12.1. The summed E-state index contributed by atoms with van der Waals surface area (Å²) in [6.07, 6.45) is 1.42. The molecule has 1 aromatic rings. The lowest BCUT2D eigenvalue weighted by molar-refractivity contribution is -0.140. The molecular weight excluding hydrogens is 322 g/mol. The van der Waals surface area contributed by atoms with Crippen LogP contribution in [0, 0.1) is 0 Å². The molecule has 1 aliphatic rings. The molecule has 0 aliphatic carbocycles. The number of sulfonamides is 1. The number of carbonyl (C=O) groups is 1. The molecule has 0 spiro atoms. The molecule has 108 valence electrons. The highest BCUT2D eigenvalue weighted by atomic mass is 35.5. The minimum absolute atomic E-state index is 0.157. The molecule has 1 saturated heterocycles. The second kappa shape index (κ2) is 6.17. The number of nitrogens with zero attached hydrogens (tertiary/aromatic N) is 1. The van der Waals surface area contributed by atoms with Gasteiger partial charge in [-0.1, -0.05) is 23.7 Å². The topological polar surface area (TPSA) is 74.7 Å². The Hall–Kier alpha value is -1.02. The van der Waals surface area contributed by atoms with Gasteiger partial charge in [0.15, 0.2) is 0 Å². The highest BCUT2D eigenvalue weighted by Crippen LogP contribution is 2.25. The molecule has 1 atom stereocenters. The van der Waals surface area contributed by atoms with Gasteiger partial charge in [0.2, 0.25) is 10.0 Å². The van der Waals surface area contributed by atoms with Crippen LogP contribution in [0.1, 0.15) is 5.56 Å².